The van der Waals surface area contributed by atoms with Crippen molar-refractivity contribution in [3.8, 4) is 0 Å². The summed E-state index contributed by atoms with van der Waals surface area (Å²) in [5, 5.41) is 22.2. The Balaban J connectivity index is 2.75. The minimum Gasteiger partial charge on any atom is -0.481 e. The Bertz CT molecular complexity index is 422. The first-order valence-electron chi connectivity index (χ1n) is 5.12. The van der Waals surface area contributed by atoms with Crippen LogP contribution in [0.3, 0.4) is 0 Å². The molecule has 1 unspecified atom stereocenters. The zero-order valence-electron chi connectivity index (χ0n) is 9.29. The van der Waals surface area contributed by atoms with Gasteiger partial charge in [-0.1, -0.05) is 6.92 Å². The molecule has 0 aliphatic rings. The number of nitro groups is 1. The Hall–Kier alpha value is -2.18. The van der Waals surface area contributed by atoms with E-state index < -0.39 is 16.8 Å². The van der Waals surface area contributed by atoms with Crippen molar-refractivity contribution in [3.05, 3.63) is 28.4 Å². The molecule has 1 rings (SSSR count). The fraction of sp³-hybridized carbons (Fsp3) is 0.400. The molecule has 1 atom stereocenters. The van der Waals surface area contributed by atoms with Crippen LogP contribution in [0, 0.1) is 16.0 Å². The highest BCUT2D eigenvalue weighted by atomic mass is 16.6. The van der Waals surface area contributed by atoms with E-state index in [9.17, 15) is 14.9 Å². The van der Waals surface area contributed by atoms with Gasteiger partial charge in [-0.25, -0.2) is 4.98 Å². The number of pyridine rings is 1. The van der Waals surface area contributed by atoms with Crippen molar-refractivity contribution in [3.63, 3.8) is 0 Å². The van der Waals surface area contributed by atoms with Crippen LogP contribution in [0.4, 0.5) is 11.5 Å². The zero-order valence-corrected chi connectivity index (χ0v) is 9.29. The third-order valence-electron chi connectivity index (χ3n) is 2.34. The van der Waals surface area contributed by atoms with Crippen LogP contribution in [0.5, 0.6) is 0 Å². The number of hydrogen-bond donors (Lipinski definition) is 2. The van der Waals surface area contributed by atoms with Gasteiger partial charge in [0, 0.05) is 18.8 Å². The van der Waals surface area contributed by atoms with Crippen molar-refractivity contribution in [2.45, 2.75) is 13.3 Å². The van der Waals surface area contributed by atoms with E-state index in [2.05, 4.69) is 10.3 Å². The third kappa shape index (κ3) is 3.40. The van der Waals surface area contributed by atoms with Crippen LogP contribution in [0.2, 0.25) is 0 Å². The molecule has 0 amide bonds. The maximum Gasteiger partial charge on any atom is 0.311 e. The van der Waals surface area contributed by atoms with Crippen LogP contribution >= 0.6 is 0 Å². The summed E-state index contributed by atoms with van der Waals surface area (Å²) in [5.41, 5.74) is -0.159. The molecule has 0 bridgehead atoms. The smallest absolute Gasteiger partial charge is 0.311 e. The standard InChI is InChI=1S/C10H13N3O4/c1-2-7(10(14)15)6-12-9-8(13(16)17)4-3-5-11-9/h3-5,7H,2,6H2,1H3,(H,11,12)(H,14,15). The molecule has 7 nitrogen and oxygen atoms in total. The van der Waals surface area contributed by atoms with Crippen LogP contribution in [0.15, 0.2) is 18.3 Å². The number of aliphatic carboxylic acids is 1. The molecular formula is C10H13N3O4. The summed E-state index contributed by atoms with van der Waals surface area (Å²) >= 11 is 0. The SMILES string of the molecule is CCC(CNc1ncccc1[N+](=O)[O-])C(=O)O. The van der Waals surface area contributed by atoms with Gasteiger partial charge in [0.1, 0.15) is 0 Å². The summed E-state index contributed by atoms with van der Waals surface area (Å²) in [7, 11) is 0. The maximum atomic E-state index is 10.8. The summed E-state index contributed by atoms with van der Waals surface area (Å²) in [6.07, 6.45) is 1.86. The predicted molar refractivity (Wildman–Crippen MR) is 60.8 cm³/mol. The highest BCUT2D eigenvalue weighted by molar-refractivity contribution is 5.71. The fourth-order valence-corrected chi connectivity index (χ4v) is 1.31. The van der Waals surface area contributed by atoms with Crippen LogP contribution in [0.1, 0.15) is 13.3 Å². The maximum absolute atomic E-state index is 10.8. The Morgan fingerprint density at radius 2 is 2.41 bits per heavy atom. The average molecular weight is 239 g/mol. The van der Waals surface area contributed by atoms with Crippen LogP contribution in [0.25, 0.3) is 0 Å². The Morgan fingerprint density at radius 1 is 1.71 bits per heavy atom. The molecule has 0 fully saturated rings. The Kier molecular flexibility index (Phi) is 4.38. The molecule has 1 aromatic heterocycles. The third-order valence-corrected chi connectivity index (χ3v) is 2.34. The van der Waals surface area contributed by atoms with E-state index in [1.54, 1.807) is 6.92 Å². The first-order chi connectivity index (χ1) is 8.06. The predicted octanol–water partition coefficient (Wildman–Crippen LogP) is 1.51. The second-order valence-corrected chi connectivity index (χ2v) is 3.45. The van der Waals surface area contributed by atoms with Crippen molar-refractivity contribution in [1.29, 1.82) is 0 Å². The van der Waals surface area contributed by atoms with Gasteiger partial charge < -0.3 is 10.4 Å². The number of anilines is 1. The second kappa shape index (κ2) is 5.78. The molecule has 17 heavy (non-hydrogen) atoms. The molecule has 0 aliphatic carbocycles. The fourth-order valence-electron chi connectivity index (χ4n) is 1.31. The van der Waals surface area contributed by atoms with Gasteiger partial charge in [-0.2, -0.15) is 0 Å². The zero-order chi connectivity index (χ0) is 12.8. The van der Waals surface area contributed by atoms with Crippen molar-refractivity contribution in [2.24, 2.45) is 5.92 Å². The Morgan fingerprint density at radius 3 is 2.94 bits per heavy atom. The number of carboxylic acids is 1. The molecule has 1 heterocycles. The molecule has 0 saturated carbocycles. The van der Waals surface area contributed by atoms with Crippen LogP contribution < -0.4 is 5.32 Å². The molecule has 92 valence electrons. The molecule has 2 N–H and O–H groups in total. The summed E-state index contributed by atoms with van der Waals surface area (Å²) in [4.78, 5) is 24.7. The monoisotopic (exact) mass is 239 g/mol. The van der Waals surface area contributed by atoms with Crippen LogP contribution in [-0.2, 0) is 4.79 Å². The van der Waals surface area contributed by atoms with E-state index in [1.807, 2.05) is 0 Å². The largest absolute Gasteiger partial charge is 0.481 e. The number of carbonyl (C=O) groups is 1. The quantitative estimate of drug-likeness (QED) is 0.575. The molecule has 0 spiro atoms. The van der Waals surface area contributed by atoms with Gasteiger partial charge >= 0.3 is 11.7 Å². The van der Waals surface area contributed by atoms with Gasteiger partial charge in [0.05, 0.1) is 10.8 Å². The van der Waals surface area contributed by atoms with E-state index in [-0.39, 0.29) is 18.1 Å². The average Bonchev–Trinajstić information content (AvgIpc) is 2.29. The lowest BCUT2D eigenvalue weighted by Gasteiger charge is -2.11. The number of hydrogen-bond acceptors (Lipinski definition) is 5. The minimum absolute atomic E-state index is 0.0946. The molecular weight excluding hydrogens is 226 g/mol. The minimum atomic E-state index is -0.932. The van der Waals surface area contributed by atoms with Crippen molar-refractivity contribution in [1.82, 2.24) is 4.98 Å². The molecule has 7 heteroatoms. The van der Waals surface area contributed by atoms with Crippen LogP contribution in [-0.4, -0.2) is 27.5 Å². The summed E-state index contributed by atoms with van der Waals surface area (Å²) < 4.78 is 0. The van der Waals surface area contributed by atoms with Gasteiger partial charge in [-0.15, -0.1) is 0 Å². The van der Waals surface area contributed by atoms with E-state index in [4.69, 9.17) is 5.11 Å². The van der Waals surface area contributed by atoms with Gasteiger partial charge in [-0.05, 0) is 12.5 Å². The van der Waals surface area contributed by atoms with Crippen molar-refractivity contribution < 1.29 is 14.8 Å². The molecule has 0 saturated heterocycles. The van der Waals surface area contributed by atoms with E-state index in [1.165, 1.54) is 18.3 Å². The number of carboxylic acid groups (broad SMARTS) is 1. The van der Waals surface area contributed by atoms with Gasteiger partial charge in [0.15, 0.2) is 0 Å². The van der Waals surface area contributed by atoms with Gasteiger partial charge in [0.25, 0.3) is 0 Å². The molecule has 1 aromatic rings. The number of nitrogens with one attached hydrogen (secondary N) is 1. The first kappa shape index (κ1) is 12.9. The number of nitrogens with zero attached hydrogens (tertiary/aromatic N) is 2. The van der Waals surface area contributed by atoms with E-state index in [0.29, 0.717) is 6.42 Å². The molecule has 0 radical (unpaired) electrons. The van der Waals surface area contributed by atoms with Gasteiger partial charge in [0.2, 0.25) is 5.82 Å². The normalized spacial score (nSPS) is 11.8. The number of rotatable bonds is 6. The first-order valence-corrected chi connectivity index (χ1v) is 5.12. The topological polar surface area (TPSA) is 105 Å². The molecule has 0 aliphatic heterocycles. The second-order valence-electron chi connectivity index (χ2n) is 3.45. The lowest BCUT2D eigenvalue weighted by molar-refractivity contribution is -0.384. The van der Waals surface area contributed by atoms with E-state index >= 15 is 0 Å². The van der Waals surface area contributed by atoms with E-state index in [0.717, 1.165) is 0 Å². The van der Waals surface area contributed by atoms with Crippen molar-refractivity contribution >= 4 is 17.5 Å². The molecule has 0 aromatic carbocycles. The summed E-state index contributed by atoms with van der Waals surface area (Å²) in [6, 6.07) is 2.77. The summed E-state index contributed by atoms with van der Waals surface area (Å²) in [5.74, 6) is -1.42. The highest BCUT2D eigenvalue weighted by Crippen LogP contribution is 2.20. The number of aromatic nitrogens is 1. The Labute approximate surface area is 97.6 Å². The van der Waals surface area contributed by atoms with Gasteiger partial charge in [-0.3, -0.25) is 14.9 Å². The lowest BCUT2D eigenvalue weighted by atomic mass is 10.1. The summed E-state index contributed by atoms with van der Waals surface area (Å²) in [6.45, 7) is 1.86. The van der Waals surface area contributed by atoms with Crippen molar-refractivity contribution in [2.75, 3.05) is 11.9 Å². The lowest BCUT2D eigenvalue weighted by Crippen LogP contribution is -2.22. The highest BCUT2D eigenvalue weighted by Gasteiger charge is 2.18.